The van der Waals surface area contributed by atoms with Crippen LogP contribution in [0.1, 0.15) is 24.4 Å². The Labute approximate surface area is 105 Å². The number of hydrogen-bond donors (Lipinski definition) is 1. The first-order valence-corrected chi connectivity index (χ1v) is 5.25. The van der Waals surface area contributed by atoms with E-state index in [4.69, 9.17) is 5.73 Å². The van der Waals surface area contributed by atoms with Gasteiger partial charge in [0.2, 0.25) is 0 Å². The van der Waals surface area contributed by atoms with Crippen molar-refractivity contribution in [1.82, 2.24) is 0 Å². The van der Waals surface area contributed by atoms with Crippen molar-refractivity contribution in [3.63, 3.8) is 0 Å². The van der Waals surface area contributed by atoms with Gasteiger partial charge in [0.05, 0.1) is 0 Å². The van der Waals surface area contributed by atoms with Gasteiger partial charge in [0.1, 0.15) is 5.75 Å². The molecular weight excluding hydrogens is 276 g/mol. The summed E-state index contributed by atoms with van der Waals surface area (Å²) in [5.41, 5.74) is 5.37. The van der Waals surface area contributed by atoms with E-state index in [9.17, 15) is 26.3 Å². The number of rotatable bonds is 4. The van der Waals surface area contributed by atoms with Gasteiger partial charge < -0.3 is 10.5 Å². The molecule has 0 saturated carbocycles. The van der Waals surface area contributed by atoms with Crippen LogP contribution in [0.3, 0.4) is 0 Å². The summed E-state index contributed by atoms with van der Waals surface area (Å²) in [5, 5.41) is 0. The SMILES string of the molecule is NC(CCC(F)(F)F)c1ccccc1OC(F)(F)F. The van der Waals surface area contributed by atoms with Crippen LogP contribution in [-0.2, 0) is 0 Å². The molecule has 0 saturated heterocycles. The second kappa shape index (κ2) is 5.68. The van der Waals surface area contributed by atoms with Crippen molar-refractivity contribution in [2.45, 2.75) is 31.4 Å². The Morgan fingerprint density at radius 3 is 2.16 bits per heavy atom. The second-order valence-corrected chi connectivity index (χ2v) is 3.85. The molecule has 8 heteroatoms. The molecule has 0 aliphatic carbocycles. The molecule has 0 aromatic heterocycles. The number of halogens is 6. The summed E-state index contributed by atoms with van der Waals surface area (Å²) in [7, 11) is 0. The standard InChI is InChI=1S/C11H11F6NO/c12-10(13,14)6-5-8(18)7-3-1-2-4-9(7)19-11(15,16)17/h1-4,8H,5-6,18H2. The molecule has 108 valence electrons. The van der Waals surface area contributed by atoms with Crippen LogP contribution < -0.4 is 10.5 Å². The number of para-hydroxylation sites is 1. The van der Waals surface area contributed by atoms with Crippen molar-refractivity contribution in [1.29, 1.82) is 0 Å². The lowest BCUT2D eigenvalue weighted by Gasteiger charge is -2.18. The lowest BCUT2D eigenvalue weighted by Crippen LogP contribution is -2.21. The predicted molar refractivity (Wildman–Crippen MR) is 55.3 cm³/mol. The minimum atomic E-state index is -4.92. The summed E-state index contributed by atoms with van der Waals surface area (Å²) in [6.07, 6.45) is -11.0. The van der Waals surface area contributed by atoms with Gasteiger partial charge in [-0.3, -0.25) is 0 Å². The molecule has 1 aromatic carbocycles. The van der Waals surface area contributed by atoms with Gasteiger partial charge >= 0.3 is 12.5 Å². The van der Waals surface area contributed by atoms with E-state index in [1.165, 1.54) is 18.2 Å². The Balaban J connectivity index is 2.82. The fraction of sp³-hybridized carbons (Fsp3) is 0.455. The maximum atomic E-state index is 12.1. The van der Waals surface area contributed by atoms with Crippen LogP contribution in [0.25, 0.3) is 0 Å². The molecule has 0 heterocycles. The van der Waals surface area contributed by atoms with E-state index in [1.54, 1.807) is 0 Å². The van der Waals surface area contributed by atoms with Gasteiger partial charge in [-0.05, 0) is 12.5 Å². The van der Waals surface area contributed by atoms with Crippen molar-refractivity contribution in [2.75, 3.05) is 0 Å². The zero-order chi connectivity index (χ0) is 14.7. The second-order valence-electron chi connectivity index (χ2n) is 3.85. The quantitative estimate of drug-likeness (QED) is 0.852. The Bertz CT molecular complexity index is 414. The Morgan fingerprint density at radius 1 is 1.05 bits per heavy atom. The summed E-state index contributed by atoms with van der Waals surface area (Å²) in [6, 6.07) is 3.70. The summed E-state index contributed by atoms with van der Waals surface area (Å²) < 4.78 is 76.2. The van der Waals surface area contributed by atoms with Gasteiger partial charge in [-0.25, -0.2) is 0 Å². The molecule has 0 spiro atoms. The molecule has 0 bridgehead atoms. The highest BCUT2D eigenvalue weighted by Crippen LogP contribution is 2.33. The maximum absolute atomic E-state index is 12.1. The van der Waals surface area contributed by atoms with Crippen molar-refractivity contribution in [3.05, 3.63) is 29.8 Å². The lowest BCUT2D eigenvalue weighted by atomic mass is 10.0. The van der Waals surface area contributed by atoms with Gasteiger partial charge in [0.25, 0.3) is 0 Å². The number of hydrogen-bond acceptors (Lipinski definition) is 2. The Morgan fingerprint density at radius 2 is 1.63 bits per heavy atom. The zero-order valence-corrected chi connectivity index (χ0v) is 9.55. The molecular formula is C11H11F6NO. The van der Waals surface area contributed by atoms with E-state index < -0.39 is 37.2 Å². The van der Waals surface area contributed by atoms with E-state index in [-0.39, 0.29) is 5.56 Å². The van der Waals surface area contributed by atoms with Crippen LogP contribution >= 0.6 is 0 Å². The molecule has 1 unspecified atom stereocenters. The van der Waals surface area contributed by atoms with Crippen LogP contribution in [0.15, 0.2) is 24.3 Å². The number of benzene rings is 1. The van der Waals surface area contributed by atoms with E-state index in [2.05, 4.69) is 4.74 Å². The van der Waals surface area contributed by atoms with E-state index >= 15 is 0 Å². The third kappa shape index (κ3) is 5.82. The number of nitrogens with two attached hydrogens (primary N) is 1. The van der Waals surface area contributed by atoms with Crippen LogP contribution in [0, 0.1) is 0 Å². The molecule has 1 atom stereocenters. The van der Waals surface area contributed by atoms with Crippen LogP contribution in [0.5, 0.6) is 5.75 Å². The highest BCUT2D eigenvalue weighted by atomic mass is 19.4. The van der Waals surface area contributed by atoms with Gasteiger partial charge in [-0.2, -0.15) is 13.2 Å². The molecule has 0 radical (unpaired) electrons. The maximum Gasteiger partial charge on any atom is 0.573 e. The summed E-state index contributed by atoms with van der Waals surface area (Å²) >= 11 is 0. The first-order chi connectivity index (χ1) is 8.58. The van der Waals surface area contributed by atoms with Crippen molar-refractivity contribution >= 4 is 0 Å². The summed E-state index contributed by atoms with van der Waals surface area (Å²) in [4.78, 5) is 0. The molecule has 1 rings (SSSR count). The average Bonchev–Trinajstić information content (AvgIpc) is 2.23. The minimum absolute atomic E-state index is 0.107. The third-order valence-corrected chi connectivity index (χ3v) is 2.28. The molecule has 1 aromatic rings. The highest BCUT2D eigenvalue weighted by Gasteiger charge is 2.33. The summed E-state index contributed by atoms with van der Waals surface area (Å²) in [6.45, 7) is 0. The molecule has 19 heavy (non-hydrogen) atoms. The van der Waals surface area contributed by atoms with Crippen molar-refractivity contribution in [3.8, 4) is 5.75 Å². The van der Waals surface area contributed by atoms with Gasteiger partial charge in [0.15, 0.2) is 0 Å². The van der Waals surface area contributed by atoms with Gasteiger partial charge in [-0.15, -0.1) is 13.2 Å². The molecule has 2 nitrogen and oxygen atoms in total. The van der Waals surface area contributed by atoms with Crippen LogP contribution in [0.2, 0.25) is 0 Å². The monoisotopic (exact) mass is 287 g/mol. The number of alkyl halides is 6. The van der Waals surface area contributed by atoms with Crippen LogP contribution in [0.4, 0.5) is 26.3 Å². The van der Waals surface area contributed by atoms with E-state index in [1.807, 2.05) is 0 Å². The van der Waals surface area contributed by atoms with E-state index in [0.29, 0.717) is 0 Å². The van der Waals surface area contributed by atoms with Gasteiger partial charge in [0, 0.05) is 18.0 Å². The van der Waals surface area contributed by atoms with Crippen LogP contribution in [-0.4, -0.2) is 12.5 Å². The first kappa shape index (κ1) is 15.6. The fourth-order valence-corrected chi connectivity index (χ4v) is 1.48. The van der Waals surface area contributed by atoms with Gasteiger partial charge in [-0.1, -0.05) is 18.2 Å². The smallest absolute Gasteiger partial charge is 0.405 e. The number of ether oxygens (including phenoxy) is 1. The first-order valence-electron chi connectivity index (χ1n) is 5.25. The fourth-order valence-electron chi connectivity index (χ4n) is 1.48. The normalized spacial score (nSPS) is 14.3. The Hall–Kier alpha value is -1.44. The van der Waals surface area contributed by atoms with Crippen molar-refractivity contribution < 1.29 is 31.1 Å². The Kier molecular flexibility index (Phi) is 4.67. The molecule has 0 fully saturated rings. The molecule has 2 N–H and O–H groups in total. The molecule has 0 aliphatic rings. The topological polar surface area (TPSA) is 35.2 Å². The predicted octanol–water partition coefficient (Wildman–Crippen LogP) is 3.93. The third-order valence-electron chi connectivity index (χ3n) is 2.28. The lowest BCUT2D eigenvalue weighted by molar-refractivity contribution is -0.275. The average molecular weight is 287 g/mol. The molecule has 0 aliphatic heterocycles. The molecule has 0 amide bonds. The van der Waals surface area contributed by atoms with E-state index in [0.717, 1.165) is 6.07 Å². The highest BCUT2D eigenvalue weighted by molar-refractivity contribution is 5.35. The van der Waals surface area contributed by atoms with Crippen molar-refractivity contribution in [2.24, 2.45) is 5.73 Å². The zero-order valence-electron chi connectivity index (χ0n) is 9.55. The minimum Gasteiger partial charge on any atom is -0.405 e. The largest absolute Gasteiger partial charge is 0.573 e. The summed E-state index contributed by atoms with van der Waals surface area (Å²) in [5.74, 6) is -0.579.